The van der Waals surface area contributed by atoms with Crippen molar-refractivity contribution in [1.82, 2.24) is 0 Å². The van der Waals surface area contributed by atoms with Gasteiger partial charge in [-0.1, -0.05) is 351 Å². The lowest BCUT2D eigenvalue weighted by Crippen LogP contribution is -2.29. The predicted molar refractivity (Wildman–Crippen MR) is 353 cm³/mol. The van der Waals surface area contributed by atoms with Crippen molar-refractivity contribution in [3.8, 4) is 0 Å². The third-order valence-electron chi connectivity index (χ3n) is 16.0. The largest absolute Gasteiger partial charge is 0.472 e. The first-order valence-electron chi connectivity index (χ1n) is 35.6. The van der Waals surface area contributed by atoms with E-state index in [4.69, 9.17) is 24.3 Å². The summed E-state index contributed by atoms with van der Waals surface area (Å²) in [4.78, 5) is 35.3. The van der Waals surface area contributed by atoms with Gasteiger partial charge in [-0.15, -0.1) is 0 Å². The summed E-state index contributed by atoms with van der Waals surface area (Å²) in [7, 11) is -4.39. The molecule has 0 aromatic carbocycles. The number of nitrogens with two attached hydrogens (primary N) is 1. The Morgan fingerprint density at radius 3 is 1.00 bits per heavy atom. The summed E-state index contributed by atoms with van der Waals surface area (Å²) in [6.07, 6.45) is 86.6. The molecule has 0 aliphatic carbocycles. The van der Waals surface area contributed by atoms with Crippen LogP contribution in [0.3, 0.4) is 0 Å². The topological polar surface area (TPSA) is 134 Å². The Morgan fingerprint density at radius 2 is 0.671 bits per heavy atom. The van der Waals surface area contributed by atoms with E-state index in [0.29, 0.717) is 6.42 Å². The molecule has 0 heterocycles. The van der Waals surface area contributed by atoms with Crippen molar-refractivity contribution < 1.29 is 37.6 Å². The Labute approximate surface area is 508 Å². The van der Waals surface area contributed by atoms with Crippen molar-refractivity contribution in [2.75, 3.05) is 26.4 Å². The fourth-order valence-electron chi connectivity index (χ4n) is 10.8. The van der Waals surface area contributed by atoms with Gasteiger partial charge in [0.1, 0.15) is 6.61 Å². The molecule has 3 N–H and O–H groups in total. The van der Waals surface area contributed by atoms with Crippen LogP contribution in [0, 0.1) is 0 Å². The van der Waals surface area contributed by atoms with E-state index in [1.165, 1.54) is 276 Å². The molecule has 0 fully saturated rings. The number of phosphoric acid groups is 1. The molecular formula is C72H136NO8P. The summed E-state index contributed by atoms with van der Waals surface area (Å²) in [6, 6.07) is 0. The van der Waals surface area contributed by atoms with Crippen LogP contribution in [0.1, 0.15) is 367 Å². The molecular weight excluding hydrogens is 1040 g/mol. The van der Waals surface area contributed by atoms with E-state index in [-0.39, 0.29) is 38.6 Å². The second-order valence-corrected chi connectivity index (χ2v) is 25.5. The normalized spacial score (nSPS) is 13.2. The van der Waals surface area contributed by atoms with Crippen LogP contribution in [0.15, 0.2) is 48.6 Å². The number of carbonyl (C=O) groups excluding carboxylic acids is 2. The highest BCUT2D eigenvalue weighted by Gasteiger charge is 2.26. The van der Waals surface area contributed by atoms with Gasteiger partial charge in [0, 0.05) is 19.4 Å². The first-order chi connectivity index (χ1) is 40.3. The molecule has 82 heavy (non-hydrogen) atoms. The highest BCUT2D eigenvalue weighted by atomic mass is 31.2. The number of phosphoric ester groups is 1. The van der Waals surface area contributed by atoms with E-state index in [1.54, 1.807) is 0 Å². The van der Waals surface area contributed by atoms with Gasteiger partial charge in [-0.05, 0) is 51.4 Å². The molecule has 0 saturated heterocycles. The smallest absolute Gasteiger partial charge is 0.462 e. The van der Waals surface area contributed by atoms with Gasteiger partial charge >= 0.3 is 19.8 Å². The maximum absolute atomic E-state index is 12.8. The molecule has 10 heteroatoms. The highest BCUT2D eigenvalue weighted by molar-refractivity contribution is 7.47. The number of unbranched alkanes of at least 4 members (excludes halogenated alkanes) is 47. The van der Waals surface area contributed by atoms with Crippen molar-refractivity contribution in [3.63, 3.8) is 0 Å². The molecule has 482 valence electrons. The fraction of sp³-hybridized carbons (Fsp3) is 0.861. The molecule has 0 aromatic rings. The Kier molecular flexibility index (Phi) is 66.4. The van der Waals surface area contributed by atoms with Crippen LogP contribution in [0.5, 0.6) is 0 Å². The average Bonchev–Trinajstić information content (AvgIpc) is 3.47. The molecule has 0 bridgehead atoms. The minimum Gasteiger partial charge on any atom is -0.462 e. The van der Waals surface area contributed by atoms with E-state index >= 15 is 0 Å². The molecule has 0 aliphatic heterocycles. The van der Waals surface area contributed by atoms with Gasteiger partial charge in [-0.25, -0.2) is 4.57 Å². The first-order valence-corrected chi connectivity index (χ1v) is 37.1. The molecule has 2 unspecified atom stereocenters. The van der Waals surface area contributed by atoms with E-state index in [2.05, 4.69) is 62.5 Å². The molecule has 2 atom stereocenters. The van der Waals surface area contributed by atoms with Crippen molar-refractivity contribution in [2.45, 2.75) is 373 Å². The van der Waals surface area contributed by atoms with E-state index in [9.17, 15) is 19.0 Å². The van der Waals surface area contributed by atoms with Crippen molar-refractivity contribution >= 4 is 19.8 Å². The van der Waals surface area contributed by atoms with Gasteiger partial charge < -0.3 is 20.1 Å². The predicted octanol–water partition coefficient (Wildman–Crippen LogP) is 23.3. The van der Waals surface area contributed by atoms with Crippen LogP contribution in [0.4, 0.5) is 0 Å². The van der Waals surface area contributed by atoms with Crippen LogP contribution >= 0.6 is 7.82 Å². The Balaban J connectivity index is 3.73. The van der Waals surface area contributed by atoms with Gasteiger partial charge in [0.05, 0.1) is 13.2 Å². The molecule has 0 aliphatic rings. The van der Waals surface area contributed by atoms with E-state index in [1.807, 2.05) is 0 Å². The lowest BCUT2D eigenvalue weighted by molar-refractivity contribution is -0.161. The lowest BCUT2D eigenvalue weighted by Gasteiger charge is -2.19. The van der Waals surface area contributed by atoms with E-state index in [0.717, 1.165) is 57.8 Å². The van der Waals surface area contributed by atoms with Crippen molar-refractivity contribution in [3.05, 3.63) is 48.6 Å². The third-order valence-corrected chi connectivity index (χ3v) is 17.0. The summed E-state index contributed by atoms with van der Waals surface area (Å²) in [5, 5.41) is 0. The number of hydrogen-bond acceptors (Lipinski definition) is 8. The van der Waals surface area contributed by atoms with Crippen LogP contribution in [0.25, 0.3) is 0 Å². The van der Waals surface area contributed by atoms with Gasteiger partial charge in [0.15, 0.2) is 6.10 Å². The quantitative estimate of drug-likeness (QED) is 0.0264. The zero-order valence-electron chi connectivity index (χ0n) is 54.2. The molecule has 0 spiro atoms. The molecule has 0 amide bonds. The highest BCUT2D eigenvalue weighted by Crippen LogP contribution is 2.43. The fourth-order valence-corrected chi connectivity index (χ4v) is 11.5. The number of ether oxygens (including phenoxy) is 2. The zero-order valence-corrected chi connectivity index (χ0v) is 55.1. The molecule has 0 aromatic heterocycles. The minimum atomic E-state index is -4.39. The Hall–Kier alpha value is -2.03. The second kappa shape index (κ2) is 68.1. The second-order valence-electron chi connectivity index (χ2n) is 24.1. The number of hydrogen-bond donors (Lipinski definition) is 2. The molecule has 9 nitrogen and oxygen atoms in total. The van der Waals surface area contributed by atoms with E-state index < -0.39 is 26.5 Å². The summed E-state index contributed by atoms with van der Waals surface area (Å²) in [5.74, 6) is -0.803. The standard InChI is InChI=1S/C72H136NO8P/c1-3-5-7-9-11-13-15-17-19-21-23-25-26-27-28-29-30-31-32-33-34-35-36-37-38-39-40-41-42-43-44-45-47-49-51-53-55-57-59-61-63-65-72(75)81-70(69-80-82(76,77)79-67-66-73)68-78-71(74)64-62-60-58-56-54-52-50-48-46-24-22-20-18-16-14-12-10-8-6-4-2/h5,7,11,13,17,19,23,25,70H,3-4,6,8-10,12,14-16,18,20-22,24,26-69,73H2,1-2H3,(H,76,77)/b7-5-,13-11-,19-17-,25-23-. The van der Waals surface area contributed by atoms with Gasteiger partial charge in [0.2, 0.25) is 0 Å². The average molecular weight is 1170 g/mol. The zero-order chi connectivity index (χ0) is 59.4. The minimum absolute atomic E-state index is 0.0568. The molecule has 0 radical (unpaired) electrons. The van der Waals surface area contributed by atoms with Crippen molar-refractivity contribution in [1.29, 1.82) is 0 Å². The number of esters is 2. The van der Waals surface area contributed by atoms with Crippen LogP contribution in [-0.4, -0.2) is 49.3 Å². The maximum Gasteiger partial charge on any atom is 0.472 e. The first kappa shape index (κ1) is 80.0. The SMILES string of the molecule is CC/C=C\C/C=C\C/C=C\C/C=C\CCCCCCCCCCCCCCCCCCCCCCCCCCCCCCC(=O)OC(COC(=O)CCCCCCCCCCCCCCCCCCCCCC)COP(=O)(O)OCCN. The summed E-state index contributed by atoms with van der Waals surface area (Å²) in [6.45, 7) is 3.70. The monoisotopic (exact) mass is 1170 g/mol. The van der Waals surface area contributed by atoms with Gasteiger partial charge in [-0.2, -0.15) is 0 Å². The number of allylic oxidation sites excluding steroid dienone is 8. The summed E-state index contributed by atoms with van der Waals surface area (Å²) in [5.41, 5.74) is 5.40. The molecule has 0 rings (SSSR count). The Bertz CT molecular complexity index is 1480. The Morgan fingerprint density at radius 1 is 0.378 bits per heavy atom. The summed E-state index contributed by atoms with van der Waals surface area (Å²) < 4.78 is 33.2. The van der Waals surface area contributed by atoms with Crippen LogP contribution < -0.4 is 5.73 Å². The van der Waals surface area contributed by atoms with Crippen LogP contribution in [-0.2, 0) is 32.7 Å². The number of carbonyl (C=O) groups is 2. The van der Waals surface area contributed by atoms with Gasteiger partial charge in [-0.3, -0.25) is 18.6 Å². The maximum atomic E-state index is 12.8. The third kappa shape index (κ3) is 67.1. The summed E-state index contributed by atoms with van der Waals surface area (Å²) >= 11 is 0. The van der Waals surface area contributed by atoms with Crippen molar-refractivity contribution in [2.24, 2.45) is 5.73 Å². The number of rotatable bonds is 68. The van der Waals surface area contributed by atoms with Gasteiger partial charge in [0.25, 0.3) is 0 Å². The van der Waals surface area contributed by atoms with Crippen LogP contribution in [0.2, 0.25) is 0 Å². The molecule has 0 saturated carbocycles. The lowest BCUT2D eigenvalue weighted by atomic mass is 10.0.